The van der Waals surface area contributed by atoms with Crippen molar-refractivity contribution in [1.82, 2.24) is 4.90 Å². The number of hydrogen-bond acceptors (Lipinski definition) is 3. The highest BCUT2D eigenvalue weighted by molar-refractivity contribution is 5.38. The van der Waals surface area contributed by atoms with E-state index in [1.54, 1.807) is 0 Å². The second-order valence-electron chi connectivity index (χ2n) is 4.86. The summed E-state index contributed by atoms with van der Waals surface area (Å²) in [5.41, 5.74) is 8.47. The molecular formula is C14H24N2O. The fraction of sp³-hybridized carbons (Fsp3) is 0.571. The first kappa shape index (κ1) is 14.0. The molecule has 0 aliphatic carbocycles. The van der Waals surface area contributed by atoms with Gasteiger partial charge in [-0.3, -0.25) is 0 Å². The minimum absolute atomic E-state index is 0.176. The van der Waals surface area contributed by atoms with Crippen molar-refractivity contribution in [2.45, 2.75) is 26.3 Å². The lowest BCUT2D eigenvalue weighted by Gasteiger charge is -2.17. The summed E-state index contributed by atoms with van der Waals surface area (Å²) in [6.45, 7) is 5.76. The number of likely N-dealkylation sites (N-methyl/N-ethyl adjacent to an activating group) is 1. The summed E-state index contributed by atoms with van der Waals surface area (Å²) in [5.74, 6) is 0.974. The van der Waals surface area contributed by atoms with E-state index in [1.807, 2.05) is 26.2 Å². The van der Waals surface area contributed by atoms with Gasteiger partial charge < -0.3 is 15.4 Å². The van der Waals surface area contributed by atoms with Gasteiger partial charge in [0.15, 0.2) is 0 Å². The molecule has 3 heteroatoms. The van der Waals surface area contributed by atoms with E-state index in [9.17, 15) is 0 Å². The van der Waals surface area contributed by atoms with Crippen LogP contribution in [0.4, 0.5) is 0 Å². The summed E-state index contributed by atoms with van der Waals surface area (Å²) in [7, 11) is 4.07. The van der Waals surface area contributed by atoms with E-state index in [2.05, 4.69) is 24.8 Å². The maximum Gasteiger partial charge on any atom is 0.122 e. The standard InChI is InChI=1S/C14H24N2O/c1-11-6-5-7-14(12(11)2)17-9-8-13(15)10-16(3)4/h5-7,13H,8-10,15H2,1-4H3. The van der Waals surface area contributed by atoms with Gasteiger partial charge in [0.1, 0.15) is 5.75 Å². The van der Waals surface area contributed by atoms with E-state index in [0.717, 1.165) is 18.7 Å². The minimum Gasteiger partial charge on any atom is -0.493 e. The van der Waals surface area contributed by atoms with Crippen molar-refractivity contribution >= 4 is 0 Å². The fourth-order valence-corrected chi connectivity index (χ4v) is 1.76. The third kappa shape index (κ3) is 4.75. The molecule has 1 aromatic rings. The Morgan fingerprint density at radius 3 is 2.65 bits per heavy atom. The van der Waals surface area contributed by atoms with Crippen LogP contribution in [0.1, 0.15) is 17.5 Å². The zero-order valence-corrected chi connectivity index (χ0v) is 11.4. The molecule has 0 amide bonds. The third-order valence-corrected chi connectivity index (χ3v) is 2.90. The van der Waals surface area contributed by atoms with Crippen LogP contribution in [0.3, 0.4) is 0 Å². The number of benzene rings is 1. The number of aryl methyl sites for hydroxylation is 1. The Bertz CT molecular complexity index is 350. The van der Waals surface area contributed by atoms with Crippen molar-refractivity contribution in [1.29, 1.82) is 0 Å². The molecule has 0 bridgehead atoms. The number of nitrogens with zero attached hydrogens (tertiary/aromatic N) is 1. The molecule has 17 heavy (non-hydrogen) atoms. The van der Waals surface area contributed by atoms with E-state index in [0.29, 0.717) is 6.61 Å². The zero-order valence-electron chi connectivity index (χ0n) is 11.4. The molecule has 0 spiro atoms. The predicted octanol–water partition coefficient (Wildman–Crippen LogP) is 1.96. The van der Waals surface area contributed by atoms with Gasteiger partial charge in [-0.2, -0.15) is 0 Å². The van der Waals surface area contributed by atoms with Crippen LogP contribution < -0.4 is 10.5 Å². The van der Waals surface area contributed by atoms with Gasteiger partial charge in [-0.05, 0) is 51.6 Å². The Morgan fingerprint density at radius 2 is 2.00 bits per heavy atom. The van der Waals surface area contributed by atoms with E-state index in [4.69, 9.17) is 10.5 Å². The Hall–Kier alpha value is -1.06. The van der Waals surface area contributed by atoms with Gasteiger partial charge >= 0.3 is 0 Å². The molecular weight excluding hydrogens is 212 g/mol. The summed E-state index contributed by atoms with van der Waals surface area (Å²) in [4.78, 5) is 2.10. The first-order valence-electron chi connectivity index (χ1n) is 6.10. The van der Waals surface area contributed by atoms with Gasteiger partial charge in [0.05, 0.1) is 6.61 Å². The van der Waals surface area contributed by atoms with Crippen LogP contribution in [0.5, 0.6) is 5.75 Å². The van der Waals surface area contributed by atoms with Crippen LogP contribution in [0, 0.1) is 13.8 Å². The van der Waals surface area contributed by atoms with Crippen molar-refractivity contribution in [2.75, 3.05) is 27.2 Å². The zero-order chi connectivity index (χ0) is 12.8. The predicted molar refractivity (Wildman–Crippen MR) is 72.6 cm³/mol. The molecule has 1 unspecified atom stereocenters. The molecule has 0 saturated heterocycles. The van der Waals surface area contributed by atoms with E-state index >= 15 is 0 Å². The topological polar surface area (TPSA) is 38.5 Å². The van der Waals surface area contributed by atoms with Crippen LogP contribution in [0.2, 0.25) is 0 Å². The van der Waals surface area contributed by atoms with Crippen LogP contribution in [0.25, 0.3) is 0 Å². The second kappa shape index (κ2) is 6.62. The average Bonchev–Trinajstić information content (AvgIpc) is 2.23. The van der Waals surface area contributed by atoms with Gasteiger partial charge in [-0.15, -0.1) is 0 Å². The summed E-state index contributed by atoms with van der Waals surface area (Å²) in [6, 6.07) is 6.31. The highest BCUT2D eigenvalue weighted by Gasteiger charge is 2.06. The number of hydrogen-bond donors (Lipinski definition) is 1. The highest BCUT2D eigenvalue weighted by atomic mass is 16.5. The second-order valence-corrected chi connectivity index (χ2v) is 4.86. The van der Waals surface area contributed by atoms with Gasteiger partial charge in [0, 0.05) is 12.6 Å². The molecule has 0 radical (unpaired) electrons. The van der Waals surface area contributed by atoms with Crippen molar-refractivity contribution in [3.8, 4) is 5.75 Å². The molecule has 1 aromatic carbocycles. The smallest absolute Gasteiger partial charge is 0.122 e. The van der Waals surface area contributed by atoms with Gasteiger partial charge in [0.2, 0.25) is 0 Å². The van der Waals surface area contributed by atoms with E-state index < -0.39 is 0 Å². The molecule has 96 valence electrons. The van der Waals surface area contributed by atoms with Crippen molar-refractivity contribution in [3.05, 3.63) is 29.3 Å². The van der Waals surface area contributed by atoms with Gasteiger partial charge in [-0.25, -0.2) is 0 Å². The number of ether oxygens (including phenoxy) is 1. The molecule has 2 N–H and O–H groups in total. The van der Waals surface area contributed by atoms with Crippen LogP contribution in [-0.2, 0) is 0 Å². The minimum atomic E-state index is 0.176. The third-order valence-electron chi connectivity index (χ3n) is 2.90. The molecule has 0 aliphatic heterocycles. The molecule has 0 fully saturated rings. The largest absolute Gasteiger partial charge is 0.493 e. The summed E-state index contributed by atoms with van der Waals surface area (Å²) in [5, 5.41) is 0. The quantitative estimate of drug-likeness (QED) is 0.820. The number of rotatable bonds is 6. The SMILES string of the molecule is Cc1cccc(OCCC(N)CN(C)C)c1C. The molecule has 0 heterocycles. The lowest BCUT2D eigenvalue weighted by molar-refractivity contribution is 0.275. The Morgan fingerprint density at radius 1 is 1.29 bits per heavy atom. The van der Waals surface area contributed by atoms with E-state index in [1.165, 1.54) is 11.1 Å². The van der Waals surface area contributed by atoms with Gasteiger partial charge in [0.25, 0.3) is 0 Å². The Kier molecular flexibility index (Phi) is 5.45. The molecule has 0 saturated carbocycles. The summed E-state index contributed by atoms with van der Waals surface area (Å²) in [6.07, 6.45) is 0.881. The lowest BCUT2D eigenvalue weighted by Crippen LogP contribution is -2.34. The normalized spacial score (nSPS) is 12.8. The average molecular weight is 236 g/mol. The molecule has 0 aromatic heterocycles. The van der Waals surface area contributed by atoms with Crippen molar-refractivity contribution < 1.29 is 4.74 Å². The monoisotopic (exact) mass is 236 g/mol. The molecule has 0 aliphatic rings. The van der Waals surface area contributed by atoms with Crippen LogP contribution in [0.15, 0.2) is 18.2 Å². The number of nitrogens with two attached hydrogens (primary N) is 1. The summed E-state index contributed by atoms with van der Waals surface area (Å²) >= 11 is 0. The maximum absolute atomic E-state index is 5.99. The maximum atomic E-state index is 5.99. The van der Waals surface area contributed by atoms with E-state index in [-0.39, 0.29) is 6.04 Å². The van der Waals surface area contributed by atoms with Crippen molar-refractivity contribution in [2.24, 2.45) is 5.73 Å². The Balaban J connectivity index is 2.38. The first-order chi connectivity index (χ1) is 8.00. The highest BCUT2D eigenvalue weighted by Crippen LogP contribution is 2.20. The first-order valence-corrected chi connectivity index (χ1v) is 6.10. The molecule has 1 rings (SSSR count). The molecule has 3 nitrogen and oxygen atoms in total. The summed E-state index contributed by atoms with van der Waals surface area (Å²) < 4.78 is 5.77. The molecule has 1 atom stereocenters. The van der Waals surface area contributed by atoms with Gasteiger partial charge in [-0.1, -0.05) is 12.1 Å². The Labute approximate surface area is 105 Å². The van der Waals surface area contributed by atoms with Crippen molar-refractivity contribution in [3.63, 3.8) is 0 Å². The van der Waals surface area contributed by atoms with Crippen LogP contribution >= 0.6 is 0 Å². The fourth-order valence-electron chi connectivity index (χ4n) is 1.76. The van der Waals surface area contributed by atoms with Crippen LogP contribution in [-0.4, -0.2) is 38.2 Å². The lowest BCUT2D eigenvalue weighted by atomic mass is 10.1.